The van der Waals surface area contributed by atoms with Crippen LogP contribution in [0.4, 0.5) is 10.1 Å². The van der Waals surface area contributed by atoms with Gasteiger partial charge in [-0.2, -0.15) is 0 Å². The molecule has 0 aliphatic heterocycles. The molecule has 7 heteroatoms. The van der Waals surface area contributed by atoms with E-state index in [0.717, 1.165) is 5.56 Å². The third-order valence-corrected chi connectivity index (χ3v) is 4.59. The molecule has 29 heavy (non-hydrogen) atoms. The summed E-state index contributed by atoms with van der Waals surface area (Å²) in [6.45, 7) is 0.522. The largest absolute Gasteiger partial charge is 0.493 e. The number of nitrogens with one attached hydrogen (secondary N) is 1. The van der Waals surface area contributed by atoms with Crippen molar-refractivity contribution in [1.82, 2.24) is 0 Å². The Bertz CT molecular complexity index is 1030. The summed E-state index contributed by atoms with van der Waals surface area (Å²) in [4.78, 5) is 11.2. The third-order valence-electron chi connectivity index (χ3n) is 4.26. The highest BCUT2D eigenvalue weighted by Gasteiger charge is 2.11. The summed E-state index contributed by atoms with van der Waals surface area (Å²) < 4.78 is 24.8. The van der Waals surface area contributed by atoms with Crippen LogP contribution in [-0.4, -0.2) is 18.2 Å². The van der Waals surface area contributed by atoms with Crippen LogP contribution in [-0.2, 0) is 13.2 Å². The summed E-state index contributed by atoms with van der Waals surface area (Å²) in [5.41, 5.74) is 2.01. The summed E-state index contributed by atoms with van der Waals surface area (Å²) >= 11 is 5.89. The van der Waals surface area contributed by atoms with Gasteiger partial charge in [0, 0.05) is 17.8 Å². The van der Waals surface area contributed by atoms with Crippen molar-refractivity contribution in [2.24, 2.45) is 0 Å². The summed E-state index contributed by atoms with van der Waals surface area (Å²) in [6.07, 6.45) is 0. The number of hydrogen-bond acceptors (Lipinski definition) is 4. The van der Waals surface area contributed by atoms with Gasteiger partial charge in [-0.1, -0.05) is 35.9 Å². The quantitative estimate of drug-likeness (QED) is 0.517. The van der Waals surface area contributed by atoms with Crippen LogP contribution in [0.15, 0.2) is 60.7 Å². The van der Waals surface area contributed by atoms with Gasteiger partial charge in [0.15, 0.2) is 11.5 Å². The molecular formula is C22H19ClFNO4. The van der Waals surface area contributed by atoms with Gasteiger partial charge >= 0.3 is 5.97 Å². The molecule has 0 atom stereocenters. The maximum atomic E-state index is 13.7. The molecule has 3 aromatic carbocycles. The lowest BCUT2D eigenvalue weighted by Gasteiger charge is -2.14. The second kappa shape index (κ2) is 9.30. The molecule has 0 fully saturated rings. The molecule has 150 valence electrons. The number of carbonyl (C=O) groups is 1. The van der Waals surface area contributed by atoms with Crippen molar-refractivity contribution >= 4 is 23.3 Å². The maximum absolute atomic E-state index is 13.7. The Kier molecular flexibility index (Phi) is 6.57. The van der Waals surface area contributed by atoms with E-state index in [9.17, 15) is 9.18 Å². The van der Waals surface area contributed by atoms with Crippen molar-refractivity contribution in [3.8, 4) is 11.5 Å². The smallest absolute Gasteiger partial charge is 0.337 e. The lowest BCUT2D eigenvalue weighted by Crippen LogP contribution is -2.04. The molecular weight excluding hydrogens is 397 g/mol. The zero-order chi connectivity index (χ0) is 20.8. The standard InChI is InChI=1S/C22H19ClFNO4/c1-28-21-10-14(12-25-16-7-8-18(23)17(11-16)22(26)27)6-9-20(21)29-13-15-4-2-3-5-19(15)24/h2-11,25H,12-13H2,1H3,(H,26,27). The Morgan fingerprint density at radius 2 is 1.90 bits per heavy atom. The van der Waals surface area contributed by atoms with Crippen LogP contribution in [0.3, 0.4) is 0 Å². The van der Waals surface area contributed by atoms with Crippen LogP contribution >= 0.6 is 11.6 Å². The molecule has 3 rings (SSSR count). The number of hydrogen-bond donors (Lipinski definition) is 2. The molecule has 0 amide bonds. The Morgan fingerprint density at radius 3 is 2.62 bits per heavy atom. The van der Waals surface area contributed by atoms with Crippen LogP contribution in [0.25, 0.3) is 0 Å². The van der Waals surface area contributed by atoms with E-state index in [1.54, 1.807) is 36.4 Å². The Hall–Kier alpha value is -3.25. The maximum Gasteiger partial charge on any atom is 0.337 e. The summed E-state index contributed by atoms with van der Waals surface area (Å²) in [6, 6.07) is 16.6. The number of carboxylic acids is 1. The fourth-order valence-electron chi connectivity index (χ4n) is 2.72. The fraction of sp³-hybridized carbons (Fsp3) is 0.136. The van der Waals surface area contributed by atoms with Gasteiger partial charge in [0.1, 0.15) is 12.4 Å². The normalized spacial score (nSPS) is 10.4. The number of carboxylic acid groups (broad SMARTS) is 1. The van der Waals surface area contributed by atoms with Crippen LogP contribution in [0, 0.1) is 5.82 Å². The van der Waals surface area contributed by atoms with Crippen molar-refractivity contribution in [3.63, 3.8) is 0 Å². The number of anilines is 1. The summed E-state index contributed by atoms with van der Waals surface area (Å²) in [5, 5.41) is 12.5. The highest BCUT2D eigenvalue weighted by Crippen LogP contribution is 2.29. The van der Waals surface area contributed by atoms with Gasteiger partial charge < -0.3 is 19.9 Å². The van der Waals surface area contributed by atoms with Crippen molar-refractivity contribution in [2.45, 2.75) is 13.2 Å². The van der Waals surface area contributed by atoms with Gasteiger partial charge in [0.2, 0.25) is 0 Å². The molecule has 0 saturated carbocycles. The van der Waals surface area contributed by atoms with Crippen molar-refractivity contribution in [3.05, 3.63) is 88.2 Å². The number of aromatic carboxylic acids is 1. The van der Waals surface area contributed by atoms with E-state index in [4.69, 9.17) is 26.2 Å². The van der Waals surface area contributed by atoms with Gasteiger partial charge in [-0.25, -0.2) is 9.18 Å². The minimum atomic E-state index is -1.09. The van der Waals surface area contributed by atoms with E-state index in [-0.39, 0.29) is 23.0 Å². The Labute approximate surface area is 172 Å². The lowest BCUT2D eigenvalue weighted by atomic mass is 10.1. The molecule has 0 bridgehead atoms. The topological polar surface area (TPSA) is 67.8 Å². The molecule has 0 radical (unpaired) electrons. The highest BCUT2D eigenvalue weighted by atomic mass is 35.5. The Morgan fingerprint density at radius 1 is 1.10 bits per heavy atom. The number of benzene rings is 3. The van der Waals surface area contributed by atoms with Crippen LogP contribution in [0.2, 0.25) is 5.02 Å². The number of rotatable bonds is 8. The minimum absolute atomic E-state index is 0.0335. The molecule has 0 heterocycles. The van der Waals surface area contributed by atoms with Gasteiger partial charge in [-0.15, -0.1) is 0 Å². The molecule has 0 spiro atoms. The highest BCUT2D eigenvalue weighted by molar-refractivity contribution is 6.33. The SMILES string of the molecule is COc1cc(CNc2ccc(Cl)c(C(=O)O)c2)ccc1OCc1ccccc1F. The van der Waals surface area contributed by atoms with E-state index in [0.29, 0.717) is 29.3 Å². The first-order chi connectivity index (χ1) is 14.0. The van der Waals surface area contributed by atoms with Crippen LogP contribution < -0.4 is 14.8 Å². The molecule has 5 nitrogen and oxygen atoms in total. The zero-order valence-corrected chi connectivity index (χ0v) is 16.4. The first kappa shape index (κ1) is 20.5. The van der Waals surface area contributed by atoms with Gasteiger partial charge in [-0.05, 0) is 42.0 Å². The number of methoxy groups -OCH3 is 1. The van der Waals surface area contributed by atoms with Crippen molar-refractivity contribution < 1.29 is 23.8 Å². The molecule has 0 aliphatic rings. The summed E-state index contributed by atoms with van der Waals surface area (Å²) in [7, 11) is 1.53. The minimum Gasteiger partial charge on any atom is -0.493 e. The number of ether oxygens (including phenoxy) is 2. The van der Waals surface area contributed by atoms with Gasteiger partial charge in [0.05, 0.1) is 17.7 Å². The van der Waals surface area contributed by atoms with Gasteiger partial charge in [-0.3, -0.25) is 0 Å². The molecule has 0 aromatic heterocycles. The van der Waals surface area contributed by atoms with E-state index < -0.39 is 5.97 Å². The molecule has 2 N–H and O–H groups in total. The van der Waals surface area contributed by atoms with Gasteiger partial charge in [0.25, 0.3) is 0 Å². The number of halogens is 2. The first-order valence-corrected chi connectivity index (χ1v) is 9.15. The van der Waals surface area contributed by atoms with Crippen molar-refractivity contribution in [1.29, 1.82) is 0 Å². The van der Waals surface area contributed by atoms with E-state index in [2.05, 4.69) is 5.32 Å². The average Bonchev–Trinajstić information content (AvgIpc) is 2.72. The van der Waals surface area contributed by atoms with Crippen molar-refractivity contribution in [2.75, 3.05) is 12.4 Å². The fourth-order valence-corrected chi connectivity index (χ4v) is 2.91. The predicted molar refractivity (Wildman–Crippen MR) is 109 cm³/mol. The summed E-state index contributed by atoms with van der Waals surface area (Å²) in [5.74, 6) is -0.394. The van der Waals surface area contributed by atoms with Crippen LogP contribution in [0.5, 0.6) is 11.5 Å². The lowest BCUT2D eigenvalue weighted by molar-refractivity contribution is 0.0697. The molecule has 3 aromatic rings. The Balaban J connectivity index is 1.68. The van der Waals surface area contributed by atoms with E-state index in [1.807, 2.05) is 6.07 Å². The third kappa shape index (κ3) is 5.18. The molecule has 0 saturated heterocycles. The second-order valence-corrected chi connectivity index (χ2v) is 6.63. The van der Waals surface area contributed by atoms with E-state index in [1.165, 1.54) is 25.3 Å². The average molecular weight is 416 g/mol. The van der Waals surface area contributed by atoms with Crippen LogP contribution in [0.1, 0.15) is 21.5 Å². The second-order valence-electron chi connectivity index (χ2n) is 6.22. The first-order valence-electron chi connectivity index (χ1n) is 8.77. The predicted octanol–water partition coefficient (Wildman–Crippen LogP) is 5.38. The zero-order valence-electron chi connectivity index (χ0n) is 15.6. The van der Waals surface area contributed by atoms with E-state index >= 15 is 0 Å². The molecule has 0 unspecified atom stereocenters. The monoisotopic (exact) mass is 415 g/mol. The molecule has 0 aliphatic carbocycles.